The molecule has 1 fully saturated rings. The molecule has 2 N–H and O–H groups in total. The maximum absolute atomic E-state index is 12.9. The average Bonchev–Trinajstić information content (AvgIpc) is 3.16. The lowest BCUT2D eigenvalue weighted by Crippen LogP contribution is -2.47. The molecule has 0 saturated carbocycles. The molecule has 1 heterocycles. The Bertz CT molecular complexity index is 1010. The van der Waals surface area contributed by atoms with Gasteiger partial charge in [0.2, 0.25) is 5.91 Å². The van der Waals surface area contributed by atoms with Crippen LogP contribution in [0.15, 0.2) is 48.5 Å². The fourth-order valence-corrected chi connectivity index (χ4v) is 5.17. The summed E-state index contributed by atoms with van der Waals surface area (Å²) in [5, 5.41) is 12.0. The minimum atomic E-state index is -0.895. The number of carboxylic acid groups (broad SMARTS) is 1. The van der Waals surface area contributed by atoms with Crippen molar-refractivity contribution in [1.82, 2.24) is 10.2 Å². The molecule has 0 unspecified atom stereocenters. The van der Waals surface area contributed by atoms with Gasteiger partial charge in [0.25, 0.3) is 0 Å². The number of fused-ring (bicyclic) bond motifs is 3. The topological polar surface area (TPSA) is 95.9 Å². The second-order valence-electron chi connectivity index (χ2n) is 9.11. The van der Waals surface area contributed by atoms with Gasteiger partial charge in [0.1, 0.15) is 6.61 Å². The van der Waals surface area contributed by atoms with Crippen molar-refractivity contribution < 1.29 is 24.2 Å². The zero-order valence-corrected chi connectivity index (χ0v) is 19.5. The number of hydrogen-bond acceptors (Lipinski definition) is 4. The molecular weight excluding hydrogens is 432 g/mol. The van der Waals surface area contributed by atoms with Crippen molar-refractivity contribution in [3.63, 3.8) is 0 Å². The number of benzene rings is 2. The van der Waals surface area contributed by atoms with E-state index in [4.69, 9.17) is 4.74 Å². The zero-order chi connectivity index (χ0) is 24.1. The molecule has 2 atom stereocenters. The van der Waals surface area contributed by atoms with E-state index in [2.05, 4.69) is 29.6 Å². The second-order valence-corrected chi connectivity index (χ2v) is 9.11. The van der Waals surface area contributed by atoms with E-state index < -0.39 is 12.1 Å². The highest BCUT2D eigenvalue weighted by molar-refractivity contribution is 5.80. The van der Waals surface area contributed by atoms with E-state index in [1.807, 2.05) is 31.2 Å². The molecule has 34 heavy (non-hydrogen) atoms. The molecule has 0 spiro atoms. The lowest BCUT2D eigenvalue weighted by molar-refractivity contribution is -0.142. The summed E-state index contributed by atoms with van der Waals surface area (Å²) >= 11 is 0. The van der Waals surface area contributed by atoms with E-state index in [1.165, 1.54) is 11.1 Å². The predicted molar refractivity (Wildman–Crippen MR) is 129 cm³/mol. The number of carboxylic acids is 1. The van der Waals surface area contributed by atoms with Crippen LogP contribution in [0.3, 0.4) is 0 Å². The third kappa shape index (κ3) is 5.24. The van der Waals surface area contributed by atoms with Crippen LogP contribution < -0.4 is 5.32 Å². The standard InChI is InChI=1S/C27H32N2O5/c1-2-18(15-25(30)29-14-8-7-9-19(29)16-26(31)32)28-27(33)34-17-24-22-12-5-3-10-20(22)21-11-4-6-13-23(21)24/h3-6,10-13,18-19,24H,2,7-9,14-17H2,1H3,(H,28,33)(H,31,32)/t18-,19-/m0/s1. The highest BCUT2D eigenvalue weighted by Crippen LogP contribution is 2.44. The van der Waals surface area contributed by atoms with Gasteiger partial charge in [-0.1, -0.05) is 55.5 Å². The van der Waals surface area contributed by atoms with Crippen LogP contribution >= 0.6 is 0 Å². The highest BCUT2D eigenvalue weighted by atomic mass is 16.5. The molecule has 2 aliphatic rings. The Hall–Kier alpha value is -3.35. The Morgan fingerprint density at radius 3 is 2.32 bits per heavy atom. The van der Waals surface area contributed by atoms with Crippen LogP contribution in [0, 0.1) is 0 Å². The normalized spacial score (nSPS) is 18.0. The third-order valence-electron chi connectivity index (χ3n) is 6.94. The zero-order valence-electron chi connectivity index (χ0n) is 19.5. The van der Waals surface area contributed by atoms with E-state index in [0.29, 0.717) is 19.4 Å². The number of aliphatic carboxylic acids is 1. The number of carbonyl (C=O) groups is 3. The first-order valence-corrected chi connectivity index (χ1v) is 12.1. The van der Waals surface area contributed by atoms with E-state index >= 15 is 0 Å². The lowest BCUT2D eigenvalue weighted by atomic mass is 9.98. The van der Waals surface area contributed by atoms with Crippen molar-refractivity contribution in [1.29, 1.82) is 0 Å². The number of piperidine rings is 1. The van der Waals surface area contributed by atoms with Crippen LogP contribution in [-0.2, 0) is 14.3 Å². The van der Waals surface area contributed by atoms with Gasteiger partial charge in [0, 0.05) is 31.0 Å². The summed E-state index contributed by atoms with van der Waals surface area (Å²) in [7, 11) is 0. The summed E-state index contributed by atoms with van der Waals surface area (Å²) in [5.74, 6) is -1.03. The van der Waals surface area contributed by atoms with Crippen molar-refractivity contribution in [2.45, 2.75) is 63.5 Å². The smallest absolute Gasteiger partial charge is 0.407 e. The molecule has 7 heteroatoms. The number of rotatable bonds is 8. The Balaban J connectivity index is 1.34. The van der Waals surface area contributed by atoms with Crippen LogP contribution in [0.1, 0.15) is 62.5 Å². The molecule has 2 amide bonds. The molecule has 1 saturated heterocycles. The number of likely N-dealkylation sites (tertiary alicyclic amines) is 1. The Labute approximate surface area is 200 Å². The van der Waals surface area contributed by atoms with Crippen LogP contribution in [0.2, 0.25) is 0 Å². The van der Waals surface area contributed by atoms with Crippen molar-refractivity contribution >= 4 is 18.0 Å². The Morgan fingerprint density at radius 2 is 1.71 bits per heavy atom. The van der Waals surface area contributed by atoms with Gasteiger partial charge in [-0.05, 0) is 47.9 Å². The Morgan fingerprint density at radius 1 is 1.06 bits per heavy atom. The van der Waals surface area contributed by atoms with Crippen molar-refractivity contribution in [3.05, 3.63) is 59.7 Å². The monoisotopic (exact) mass is 464 g/mol. The quantitative estimate of drug-likeness (QED) is 0.598. The minimum absolute atomic E-state index is 0.0232. The first kappa shape index (κ1) is 23.8. The molecule has 2 aromatic carbocycles. The number of ether oxygens (including phenoxy) is 1. The van der Waals surface area contributed by atoms with Gasteiger partial charge in [-0.25, -0.2) is 4.79 Å². The molecule has 2 aromatic rings. The van der Waals surface area contributed by atoms with Crippen LogP contribution in [-0.4, -0.2) is 53.2 Å². The summed E-state index contributed by atoms with van der Waals surface area (Å²) in [6.45, 7) is 2.70. The maximum atomic E-state index is 12.9. The fourth-order valence-electron chi connectivity index (χ4n) is 5.17. The number of nitrogens with one attached hydrogen (secondary N) is 1. The van der Waals surface area contributed by atoms with Gasteiger partial charge < -0.3 is 20.1 Å². The largest absolute Gasteiger partial charge is 0.481 e. The van der Waals surface area contributed by atoms with Crippen molar-refractivity contribution in [2.24, 2.45) is 0 Å². The SMILES string of the molecule is CC[C@@H](CC(=O)N1CCCC[C@H]1CC(=O)O)NC(=O)OCC1c2ccccc2-c2ccccc21. The number of nitrogens with zero attached hydrogens (tertiary/aromatic N) is 1. The van der Waals surface area contributed by atoms with Crippen LogP contribution in [0.25, 0.3) is 11.1 Å². The van der Waals surface area contributed by atoms with E-state index in [1.54, 1.807) is 4.90 Å². The van der Waals surface area contributed by atoms with Gasteiger partial charge in [-0.3, -0.25) is 9.59 Å². The van der Waals surface area contributed by atoms with E-state index in [-0.39, 0.29) is 43.4 Å². The molecule has 7 nitrogen and oxygen atoms in total. The van der Waals surface area contributed by atoms with Gasteiger partial charge >= 0.3 is 12.1 Å². The van der Waals surface area contributed by atoms with Gasteiger partial charge in [-0.2, -0.15) is 0 Å². The van der Waals surface area contributed by atoms with E-state index in [0.717, 1.165) is 24.0 Å². The lowest BCUT2D eigenvalue weighted by Gasteiger charge is -2.36. The number of hydrogen-bond donors (Lipinski definition) is 2. The van der Waals surface area contributed by atoms with Gasteiger partial charge in [0.15, 0.2) is 0 Å². The van der Waals surface area contributed by atoms with Gasteiger partial charge in [0.05, 0.1) is 6.42 Å². The molecule has 1 aliphatic heterocycles. The van der Waals surface area contributed by atoms with Crippen molar-refractivity contribution in [3.8, 4) is 11.1 Å². The molecule has 180 valence electrons. The average molecular weight is 465 g/mol. The summed E-state index contributed by atoms with van der Waals surface area (Å²) in [6.07, 6.45) is 2.64. The molecule has 1 aliphatic carbocycles. The fraction of sp³-hybridized carbons (Fsp3) is 0.444. The number of carbonyl (C=O) groups excluding carboxylic acids is 2. The first-order chi connectivity index (χ1) is 16.5. The van der Waals surface area contributed by atoms with Gasteiger partial charge in [-0.15, -0.1) is 0 Å². The maximum Gasteiger partial charge on any atom is 0.407 e. The summed E-state index contributed by atoms with van der Waals surface area (Å²) in [6, 6.07) is 15.7. The van der Waals surface area contributed by atoms with Crippen LogP contribution in [0.5, 0.6) is 0 Å². The molecule has 0 radical (unpaired) electrons. The third-order valence-corrected chi connectivity index (χ3v) is 6.94. The minimum Gasteiger partial charge on any atom is -0.481 e. The summed E-state index contributed by atoms with van der Waals surface area (Å²) < 4.78 is 5.62. The molecule has 0 aromatic heterocycles. The molecule has 4 rings (SSSR count). The first-order valence-electron chi connectivity index (χ1n) is 12.1. The van der Waals surface area contributed by atoms with Crippen molar-refractivity contribution in [2.75, 3.05) is 13.2 Å². The molecule has 0 bridgehead atoms. The van der Waals surface area contributed by atoms with E-state index in [9.17, 15) is 19.5 Å². The number of alkyl carbamates (subject to hydrolysis) is 1. The Kier molecular flexibility index (Phi) is 7.50. The second kappa shape index (κ2) is 10.7. The summed E-state index contributed by atoms with van der Waals surface area (Å²) in [5.41, 5.74) is 4.63. The summed E-state index contributed by atoms with van der Waals surface area (Å²) in [4.78, 5) is 38.4. The van der Waals surface area contributed by atoms with Crippen LogP contribution in [0.4, 0.5) is 4.79 Å². The molecular formula is C27H32N2O5. The number of amides is 2. The predicted octanol–water partition coefficient (Wildman–Crippen LogP) is 4.55. The highest BCUT2D eigenvalue weighted by Gasteiger charge is 2.31.